The number of aromatic nitrogens is 1. The molecule has 1 unspecified atom stereocenters. The van der Waals surface area contributed by atoms with E-state index in [4.69, 9.17) is 0 Å². The number of carbonyl (C=O) groups is 1. The van der Waals surface area contributed by atoms with Crippen molar-refractivity contribution in [2.75, 3.05) is 6.54 Å². The van der Waals surface area contributed by atoms with E-state index in [2.05, 4.69) is 0 Å². The van der Waals surface area contributed by atoms with Crippen molar-refractivity contribution in [2.24, 2.45) is 7.05 Å². The fourth-order valence-corrected chi connectivity index (χ4v) is 4.80. The third kappa shape index (κ3) is 5.61. The quantitative estimate of drug-likeness (QED) is 0.580. The maximum Gasteiger partial charge on any atom is 0.238 e. The second-order valence-corrected chi connectivity index (χ2v) is 9.70. The summed E-state index contributed by atoms with van der Waals surface area (Å²) >= 11 is 0. The van der Waals surface area contributed by atoms with Gasteiger partial charge in [-0.15, -0.1) is 0 Å². The molecule has 1 heterocycles. The number of benzene rings is 1. The Morgan fingerprint density at radius 2 is 1.90 bits per heavy atom. The average Bonchev–Trinajstić information content (AvgIpc) is 3.50. The van der Waals surface area contributed by atoms with Crippen LogP contribution in [0, 0.1) is 0 Å². The highest BCUT2D eigenvalue weighted by Gasteiger charge is 2.36. The number of hydrogen-bond acceptors (Lipinski definition) is 3. The fourth-order valence-electron chi connectivity index (χ4n) is 3.37. The molecule has 30 heavy (non-hydrogen) atoms. The molecule has 1 saturated carbocycles. The van der Waals surface area contributed by atoms with Crippen molar-refractivity contribution in [3.63, 3.8) is 0 Å². The zero-order chi connectivity index (χ0) is 21.7. The Kier molecular flexibility index (Phi) is 7.15. The second-order valence-electron chi connectivity index (χ2n) is 7.92. The molecule has 0 saturated heterocycles. The SMILES string of the molecule is CCC(C)N(CC(=O)N(Cc1cccn1C)C1CC1)S(=O)(=O)C=Cc1ccccc1. The van der Waals surface area contributed by atoms with Crippen LogP contribution in [-0.4, -0.2) is 46.7 Å². The number of aryl methyl sites for hydroxylation is 1. The van der Waals surface area contributed by atoms with Crippen LogP contribution in [0.25, 0.3) is 6.08 Å². The lowest BCUT2D eigenvalue weighted by Gasteiger charge is -2.29. The normalized spacial score (nSPS) is 15.6. The Labute approximate surface area is 179 Å². The van der Waals surface area contributed by atoms with E-state index in [9.17, 15) is 13.2 Å². The molecule has 6 nitrogen and oxygen atoms in total. The van der Waals surface area contributed by atoms with Crippen molar-refractivity contribution in [3.8, 4) is 0 Å². The van der Waals surface area contributed by atoms with Crippen LogP contribution >= 0.6 is 0 Å². The zero-order valence-electron chi connectivity index (χ0n) is 17.9. The predicted molar refractivity (Wildman–Crippen MR) is 120 cm³/mol. The molecule has 0 spiro atoms. The number of sulfonamides is 1. The minimum Gasteiger partial charge on any atom is -0.353 e. The summed E-state index contributed by atoms with van der Waals surface area (Å²) in [5.41, 5.74) is 1.84. The summed E-state index contributed by atoms with van der Waals surface area (Å²) in [6, 6.07) is 13.2. The summed E-state index contributed by atoms with van der Waals surface area (Å²) in [5, 5.41) is 1.21. The van der Waals surface area contributed by atoms with E-state index in [0.717, 1.165) is 24.1 Å². The minimum absolute atomic E-state index is 0.141. The van der Waals surface area contributed by atoms with Crippen molar-refractivity contribution >= 4 is 22.0 Å². The standard InChI is InChI=1S/C23H31N3O3S/c1-4-19(2)26(30(28,29)16-14-20-9-6-5-7-10-20)18-23(27)25(21-12-13-21)17-22-11-8-15-24(22)3/h5-11,14-16,19,21H,4,12-13,17-18H2,1-3H3. The van der Waals surface area contributed by atoms with Crippen molar-refractivity contribution in [1.29, 1.82) is 0 Å². The summed E-state index contributed by atoms with van der Waals surface area (Å²) in [6.45, 7) is 4.14. The van der Waals surface area contributed by atoms with Crippen LogP contribution in [0.2, 0.25) is 0 Å². The Bertz CT molecular complexity index is 978. The summed E-state index contributed by atoms with van der Waals surface area (Å²) in [5.74, 6) is -0.143. The van der Waals surface area contributed by atoms with E-state index < -0.39 is 10.0 Å². The van der Waals surface area contributed by atoms with Gasteiger partial charge in [-0.05, 0) is 50.0 Å². The highest BCUT2D eigenvalue weighted by atomic mass is 32.2. The number of amides is 1. The Hall–Kier alpha value is -2.38. The zero-order valence-corrected chi connectivity index (χ0v) is 18.8. The van der Waals surface area contributed by atoms with Crippen molar-refractivity contribution in [1.82, 2.24) is 13.8 Å². The lowest BCUT2D eigenvalue weighted by atomic mass is 10.2. The Morgan fingerprint density at radius 1 is 1.20 bits per heavy atom. The first-order valence-electron chi connectivity index (χ1n) is 10.5. The van der Waals surface area contributed by atoms with Crippen LogP contribution in [0.1, 0.15) is 44.4 Å². The third-order valence-electron chi connectivity index (χ3n) is 5.62. The molecule has 2 aromatic rings. The maximum absolute atomic E-state index is 13.2. The molecule has 7 heteroatoms. The van der Waals surface area contributed by atoms with E-state index in [0.29, 0.717) is 13.0 Å². The van der Waals surface area contributed by atoms with Crippen molar-refractivity contribution in [2.45, 2.75) is 51.7 Å². The van der Waals surface area contributed by atoms with Crippen LogP contribution in [0.4, 0.5) is 0 Å². The summed E-state index contributed by atoms with van der Waals surface area (Å²) in [6.07, 6.45) is 6.11. The van der Waals surface area contributed by atoms with E-state index in [-0.39, 0.29) is 24.5 Å². The second kappa shape index (κ2) is 9.62. The molecule has 3 rings (SSSR count). The number of carbonyl (C=O) groups excluding carboxylic acids is 1. The summed E-state index contributed by atoms with van der Waals surface area (Å²) < 4.78 is 29.5. The van der Waals surface area contributed by atoms with Gasteiger partial charge in [-0.2, -0.15) is 4.31 Å². The van der Waals surface area contributed by atoms with Gasteiger partial charge in [0.05, 0.1) is 13.1 Å². The molecule has 0 radical (unpaired) electrons. The molecular formula is C23H31N3O3S. The molecule has 162 valence electrons. The lowest BCUT2D eigenvalue weighted by molar-refractivity contribution is -0.133. The first-order valence-corrected chi connectivity index (χ1v) is 12.0. The maximum atomic E-state index is 13.2. The molecule has 1 aromatic carbocycles. The molecule has 1 aliphatic rings. The Morgan fingerprint density at radius 3 is 2.47 bits per heavy atom. The monoisotopic (exact) mass is 429 g/mol. The smallest absolute Gasteiger partial charge is 0.238 e. The first-order chi connectivity index (χ1) is 14.3. The minimum atomic E-state index is -3.74. The lowest BCUT2D eigenvalue weighted by Crippen LogP contribution is -2.46. The van der Waals surface area contributed by atoms with E-state index in [1.165, 1.54) is 9.71 Å². The van der Waals surface area contributed by atoms with Crippen molar-refractivity contribution in [3.05, 3.63) is 65.3 Å². The van der Waals surface area contributed by atoms with Gasteiger partial charge in [0.2, 0.25) is 15.9 Å². The fraction of sp³-hybridized carbons (Fsp3) is 0.435. The van der Waals surface area contributed by atoms with Gasteiger partial charge in [0.1, 0.15) is 0 Å². The van der Waals surface area contributed by atoms with Gasteiger partial charge in [-0.25, -0.2) is 8.42 Å². The van der Waals surface area contributed by atoms with Crippen molar-refractivity contribution < 1.29 is 13.2 Å². The number of nitrogens with zero attached hydrogens (tertiary/aromatic N) is 3. The van der Waals surface area contributed by atoms with Gasteiger partial charge in [-0.3, -0.25) is 4.79 Å². The number of rotatable bonds is 10. The first kappa shape index (κ1) is 22.3. The Balaban J connectivity index is 1.78. The highest BCUT2D eigenvalue weighted by Crippen LogP contribution is 2.29. The van der Waals surface area contributed by atoms with Gasteiger partial charge in [0.15, 0.2) is 0 Å². The molecule has 1 aromatic heterocycles. The summed E-state index contributed by atoms with van der Waals surface area (Å²) in [4.78, 5) is 15.0. The molecule has 1 fully saturated rings. The molecule has 1 aliphatic carbocycles. The van der Waals surface area contributed by atoms with Gasteiger partial charge >= 0.3 is 0 Å². The largest absolute Gasteiger partial charge is 0.353 e. The van der Waals surface area contributed by atoms with Crippen LogP contribution in [0.3, 0.4) is 0 Å². The van der Waals surface area contributed by atoms with Crippen LogP contribution < -0.4 is 0 Å². The average molecular weight is 430 g/mol. The molecule has 1 amide bonds. The van der Waals surface area contributed by atoms with Crippen LogP contribution in [0.5, 0.6) is 0 Å². The molecule has 0 N–H and O–H groups in total. The third-order valence-corrected chi connectivity index (χ3v) is 7.25. The predicted octanol–water partition coefficient (Wildman–Crippen LogP) is 3.62. The molecule has 0 bridgehead atoms. The molecular weight excluding hydrogens is 398 g/mol. The molecule has 1 atom stereocenters. The van der Waals surface area contributed by atoms with Gasteiger partial charge in [0, 0.05) is 36.4 Å². The topological polar surface area (TPSA) is 62.6 Å². The molecule has 0 aliphatic heterocycles. The van der Waals surface area contributed by atoms with E-state index in [1.54, 1.807) is 6.08 Å². The van der Waals surface area contributed by atoms with Crippen LogP contribution in [-0.2, 0) is 28.4 Å². The van der Waals surface area contributed by atoms with Gasteiger partial charge in [0.25, 0.3) is 0 Å². The van der Waals surface area contributed by atoms with Crippen LogP contribution in [0.15, 0.2) is 54.1 Å². The summed E-state index contributed by atoms with van der Waals surface area (Å²) in [7, 11) is -1.78. The van der Waals surface area contributed by atoms with Gasteiger partial charge < -0.3 is 9.47 Å². The van der Waals surface area contributed by atoms with Gasteiger partial charge in [-0.1, -0.05) is 37.3 Å². The van der Waals surface area contributed by atoms with E-state index in [1.807, 2.05) is 79.0 Å². The number of hydrogen-bond donors (Lipinski definition) is 0. The van der Waals surface area contributed by atoms with E-state index >= 15 is 0 Å². The highest BCUT2D eigenvalue weighted by molar-refractivity contribution is 7.92.